The molecule has 2 aliphatic heterocycles. The second-order valence-corrected chi connectivity index (χ2v) is 7.12. The Balaban J connectivity index is 1.85. The summed E-state index contributed by atoms with van der Waals surface area (Å²) in [5, 5.41) is 0. The van der Waals surface area contributed by atoms with Gasteiger partial charge in [-0.1, -0.05) is 6.07 Å². The minimum Gasteiger partial charge on any atom is -0.486 e. The molecule has 0 radical (unpaired) electrons. The molecule has 3 rings (SSSR count). The van der Waals surface area contributed by atoms with Gasteiger partial charge < -0.3 is 14.2 Å². The van der Waals surface area contributed by atoms with E-state index >= 15 is 0 Å². The standard InChI is InChI=1S/C14H20N2O5S/c1-10-9-21-11(2)8-16(10)22(17,18)15-12-4-3-5-13-14(12)20-7-6-19-13/h3-5,10-11,15H,6-9H2,1-2H3/t10-,11-/m0/s1. The van der Waals surface area contributed by atoms with Gasteiger partial charge in [-0.15, -0.1) is 0 Å². The van der Waals surface area contributed by atoms with Gasteiger partial charge in [0.2, 0.25) is 0 Å². The number of hydrogen-bond donors (Lipinski definition) is 1. The highest BCUT2D eigenvalue weighted by atomic mass is 32.2. The van der Waals surface area contributed by atoms with Crippen LogP contribution in [0.4, 0.5) is 5.69 Å². The summed E-state index contributed by atoms with van der Waals surface area (Å²) >= 11 is 0. The van der Waals surface area contributed by atoms with E-state index in [4.69, 9.17) is 14.2 Å². The molecule has 0 bridgehead atoms. The summed E-state index contributed by atoms with van der Waals surface area (Å²) in [7, 11) is -3.68. The summed E-state index contributed by atoms with van der Waals surface area (Å²) < 4.78 is 45.8. The van der Waals surface area contributed by atoms with E-state index in [0.29, 0.717) is 43.6 Å². The molecule has 0 aromatic heterocycles. The van der Waals surface area contributed by atoms with Gasteiger partial charge in [-0.25, -0.2) is 0 Å². The third-order valence-corrected chi connectivity index (χ3v) is 5.27. The van der Waals surface area contributed by atoms with Crippen LogP contribution in [-0.4, -0.2) is 51.2 Å². The van der Waals surface area contributed by atoms with Gasteiger partial charge in [0.25, 0.3) is 0 Å². The molecule has 1 aromatic rings. The maximum Gasteiger partial charge on any atom is 0.302 e. The second kappa shape index (κ2) is 5.94. The third-order valence-electron chi connectivity index (χ3n) is 3.66. The molecule has 1 aromatic carbocycles. The number of nitrogens with zero attached hydrogens (tertiary/aromatic N) is 1. The predicted molar refractivity (Wildman–Crippen MR) is 81.6 cm³/mol. The number of morpholine rings is 1. The fourth-order valence-corrected chi connectivity index (χ4v) is 4.06. The summed E-state index contributed by atoms with van der Waals surface area (Å²) in [6, 6.07) is 4.94. The van der Waals surface area contributed by atoms with Crippen molar-refractivity contribution in [3.63, 3.8) is 0 Å². The summed E-state index contributed by atoms with van der Waals surface area (Å²) in [5.74, 6) is 0.987. The van der Waals surface area contributed by atoms with Crippen molar-refractivity contribution in [1.29, 1.82) is 0 Å². The van der Waals surface area contributed by atoms with E-state index in [1.54, 1.807) is 18.2 Å². The van der Waals surface area contributed by atoms with Gasteiger partial charge in [0.05, 0.1) is 18.4 Å². The minimum atomic E-state index is -3.68. The van der Waals surface area contributed by atoms with Gasteiger partial charge in [0.15, 0.2) is 11.5 Å². The lowest BCUT2D eigenvalue weighted by Crippen LogP contribution is -2.51. The lowest BCUT2D eigenvalue weighted by Gasteiger charge is -2.35. The number of para-hydroxylation sites is 1. The van der Waals surface area contributed by atoms with E-state index < -0.39 is 10.2 Å². The highest BCUT2D eigenvalue weighted by Crippen LogP contribution is 2.38. The van der Waals surface area contributed by atoms with Crippen molar-refractivity contribution >= 4 is 15.9 Å². The zero-order valence-electron chi connectivity index (χ0n) is 12.6. The maximum absolute atomic E-state index is 12.7. The molecule has 22 heavy (non-hydrogen) atoms. The van der Waals surface area contributed by atoms with Gasteiger partial charge >= 0.3 is 10.2 Å². The van der Waals surface area contributed by atoms with Crippen LogP contribution in [0.1, 0.15) is 13.8 Å². The first-order chi connectivity index (χ1) is 10.5. The van der Waals surface area contributed by atoms with Crippen molar-refractivity contribution in [2.75, 3.05) is 31.1 Å². The first kappa shape index (κ1) is 15.4. The molecule has 0 saturated carbocycles. The van der Waals surface area contributed by atoms with Gasteiger partial charge in [-0.2, -0.15) is 12.7 Å². The molecule has 2 aliphatic rings. The molecule has 1 fully saturated rings. The number of benzene rings is 1. The van der Waals surface area contributed by atoms with Gasteiger partial charge in [-0.05, 0) is 26.0 Å². The minimum absolute atomic E-state index is 0.128. The average Bonchev–Trinajstić information content (AvgIpc) is 2.50. The van der Waals surface area contributed by atoms with Crippen molar-refractivity contribution in [1.82, 2.24) is 4.31 Å². The maximum atomic E-state index is 12.7. The average molecular weight is 328 g/mol. The number of fused-ring (bicyclic) bond motifs is 1. The topological polar surface area (TPSA) is 77.1 Å². The van der Waals surface area contributed by atoms with Crippen molar-refractivity contribution in [2.24, 2.45) is 0 Å². The zero-order valence-corrected chi connectivity index (χ0v) is 13.4. The van der Waals surface area contributed by atoms with Crippen LogP contribution in [0.15, 0.2) is 18.2 Å². The van der Waals surface area contributed by atoms with Crippen LogP contribution >= 0.6 is 0 Å². The number of nitrogens with one attached hydrogen (secondary N) is 1. The van der Waals surface area contributed by atoms with Gasteiger partial charge in [0.1, 0.15) is 13.2 Å². The molecule has 0 spiro atoms. The molecule has 0 unspecified atom stereocenters. The SMILES string of the molecule is C[C@H]1CN(S(=O)(=O)Nc2cccc3c2OCCO3)[C@@H](C)CO1. The highest BCUT2D eigenvalue weighted by molar-refractivity contribution is 7.90. The van der Waals surface area contributed by atoms with E-state index in [-0.39, 0.29) is 12.1 Å². The van der Waals surface area contributed by atoms with Gasteiger partial charge in [0, 0.05) is 12.6 Å². The number of anilines is 1. The second-order valence-electron chi connectivity index (χ2n) is 5.50. The van der Waals surface area contributed by atoms with Crippen LogP contribution in [0, 0.1) is 0 Å². The molecule has 2 heterocycles. The van der Waals surface area contributed by atoms with E-state index in [1.807, 2.05) is 13.8 Å². The van der Waals surface area contributed by atoms with Crippen molar-refractivity contribution < 1.29 is 22.6 Å². The Labute approximate surface area is 130 Å². The van der Waals surface area contributed by atoms with Gasteiger partial charge in [-0.3, -0.25) is 4.72 Å². The predicted octanol–water partition coefficient (Wildman–Crippen LogP) is 1.22. The number of rotatable bonds is 3. The number of ether oxygens (including phenoxy) is 3. The Morgan fingerprint density at radius 1 is 1.23 bits per heavy atom. The van der Waals surface area contributed by atoms with Crippen LogP contribution in [0.3, 0.4) is 0 Å². The molecular weight excluding hydrogens is 308 g/mol. The molecule has 0 amide bonds. The Kier molecular flexibility index (Phi) is 4.16. The smallest absolute Gasteiger partial charge is 0.302 e. The molecule has 1 saturated heterocycles. The van der Waals surface area contributed by atoms with Crippen LogP contribution in [0.2, 0.25) is 0 Å². The highest BCUT2D eigenvalue weighted by Gasteiger charge is 2.34. The summed E-state index contributed by atoms with van der Waals surface area (Å²) in [6.45, 7) is 5.25. The Morgan fingerprint density at radius 3 is 2.82 bits per heavy atom. The molecule has 8 heteroatoms. The fraction of sp³-hybridized carbons (Fsp3) is 0.571. The quantitative estimate of drug-likeness (QED) is 0.903. The largest absolute Gasteiger partial charge is 0.486 e. The van der Waals surface area contributed by atoms with Crippen LogP contribution in [0.5, 0.6) is 11.5 Å². The first-order valence-electron chi connectivity index (χ1n) is 7.27. The zero-order chi connectivity index (χ0) is 15.7. The van der Waals surface area contributed by atoms with Crippen molar-refractivity contribution in [2.45, 2.75) is 26.0 Å². The van der Waals surface area contributed by atoms with Crippen molar-refractivity contribution in [3.8, 4) is 11.5 Å². The van der Waals surface area contributed by atoms with Crippen LogP contribution < -0.4 is 14.2 Å². The summed E-state index contributed by atoms with van der Waals surface area (Å²) in [4.78, 5) is 0. The number of hydrogen-bond acceptors (Lipinski definition) is 5. The molecule has 122 valence electrons. The Hall–Kier alpha value is -1.51. The third kappa shape index (κ3) is 2.99. The summed E-state index contributed by atoms with van der Waals surface area (Å²) in [6.07, 6.45) is -0.128. The molecule has 7 nitrogen and oxygen atoms in total. The molecule has 0 aliphatic carbocycles. The molecule has 1 N–H and O–H groups in total. The van der Waals surface area contributed by atoms with Crippen LogP contribution in [0.25, 0.3) is 0 Å². The summed E-state index contributed by atoms with van der Waals surface area (Å²) in [5.41, 5.74) is 0.392. The molecular formula is C14H20N2O5S. The van der Waals surface area contributed by atoms with E-state index in [2.05, 4.69) is 4.72 Å². The van der Waals surface area contributed by atoms with Crippen LogP contribution in [-0.2, 0) is 14.9 Å². The monoisotopic (exact) mass is 328 g/mol. The van der Waals surface area contributed by atoms with E-state index in [0.717, 1.165) is 0 Å². The van der Waals surface area contributed by atoms with E-state index in [1.165, 1.54) is 4.31 Å². The normalized spacial score (nSPS) is 25.7. The van der Waals surface area contributed by atoms with Crippen molar-refractivity contribution in [3.05, 3.63) is 18.2 Å². The fourth-order valence-electron chi connectivity index (χ4n) is 2.56. The lowest BCUT2D eigenvalue weighted by atomic mass is 10.2. The van der Waals surface area contributed by atoms with E-state index in [9.17, 15) is 8.42 Å². The Morgan fingerprint density at radius 2 is 2.00 bits per heavy atom. The Bertz CT molecular complexity index is 649. The molecule has 2 atom stereocenters. The lowest BCUT2D eigenvalue weighted by molar-refractivity contribution is -0.0168. The first-order valence-corrected chi connectivity index (χ1v) is 8.71.